The van der Waals surface area contributed by atoms with E-state index in [2.05, 4.69) is 34.2 Å². The van der Waals surface area contributed by atoms with Gasteiger partial charge in [0, 0.05) is 50.2 Å². The molecule has 5 nitrogen and oxygen atoms in total. The smallest absolute Gasteiger partial charge is 0.125 e. The molecule has 1 fully saturated rings. The number of nitrogens with zero attached hydrogens (tertiary/aromatic N) is 3. The summed E-state index contributed by atoms with van der Waals surface area (Å²) in [5.41, 5.74) is 6.69. The van der Waals surface area contributed by atoms with Gasteiger partial charge < -0.3 is 16.0 Å². The van der Waals surface area contributed by atoms with E-state index in [4.69, 9.17) is 5.73 Å². The Bertz CT molecular complexity index is 368. The number of nitrogens with two attached hydrogens (primary N) is 1. The van der Waals surface area contributed by atoms with Gasteiger partial charge in [-0.25, -0.2) is 4.98 Å². The summed E-state index contributed by atoms with van der Waals surface area (Å²) in [6, 6.07) is 4.36. The molecule has 0 saturated carbocycles. The number of nitrogens with one attached hydrogen (secondary N) is 1. The van der Waals surface area contributed by atoms with Crippen LogP contribution in [0.2, 0.25) is 0 Å². The largest absolute Gasteiger partial charge is 0.384 e. The summed E-state index contributed by atoms with van der Waals surface area (Å²) in [4.78, 5) is 8.75. The van der Waals surface area contributed by atoms with Crippen LogP contribution >= 0.6 is 0 Å². The van der Waals surface area contributed by atoms with Crippen LogP contribution < -0.4 is 11.1 Å². The lowest BCUT2D eigenvalue weighted by Gasteiger charge is -2.37. The highest BCUT2D eigenvalue weighted by atomic mass is 15.3. The molecule has 3 N–H and O–H groups in total. The molecular formula is C12H21N5. The first kappa shape index (κ1) is 12.1. The number of aromatic nitrogens is 1. The number of nitrogen functional groups attached to an aromatic ring is 1. The van der Waals surface area contributed by atoms with E-state index in [0.29, 0.717) is 11.9 Å². The molecule has 1 aromatic heterocycles. The van der Waals surface area contributed by atoms with Crippen LogP contribution in [0.5, 0.6) is 0 Å². The lowest BCUT2D eigenvalue weighted by molar-refractivity contribution is 0.122. The molecule has 2 heterocycles. The van der Waals surface area contributed by atoms with Gasteiger partial charge >= 0.3 is 0 Å². The van der Waals surface area contributed by atoms with E-state index in [1.54, 1.807) is 6.20 Å². The first-order valence-corrected chi connectivity index (χ1v) is 5.99. The average Bonchev–Trinajstić information content (AvgIpc) is 2.30. The van der Waals surface area contributed by atoms with Gasteiger partial charge in [-0.15, -0.1) is 0 Å². The normalized spacial score (nSPS) is 22.6. The predicted octanol–water partition coefficient (Wildman–Crippen LogP) is 0.322. The van der Waals surface area contributed by atoms with Crippen LogP contribution in [0.3, 0.4) is 0 Å². The highest BCUT2D eigenvalue weighted by molar-refractivity contribution is 5.49. The Morgan fingerprint density at radius 3 is 3.06 bits per heavy atom. The third-order valence-corrected chi connectivity index (χ3v) is 3.30. The number of pyridine rings is 1. The van der Waals surface area contributed by atoms with Crippen LogP contribution in [-0.4, -0.2) is 61.1 Å². The average molecular weight is 235 g/mol. The molecule has 0 aromatic carbocycles. The van der Waals surface area contributed by atoms with Gasteiger partial charge in [0.25, 0.3) is 0 Å². The van der Waals surface area contributed by atoms with E-state index in [1.165, 1.54) is 0 Å². The third kappa shape index (κ3) is 3.31. The second kappa shape index (κ2) is 5.33. The van der Waals surface area contributed by atoms with E-state index in [9.17, 15) is 0 Å². The topological polar surface area (TPSA) is 57.4 Å². The molecule has 0 amide bonds. The summed E-state index contributed by atoms with van der Waals surface area (Å²) in [5.74, 6) is 0.559. The van der Waals surface area contributed by atoms with Crippen molar-refractivity contribution in [3.05, 3.63) is 18.3 Å². The SMILES string of the molecule is CN1CCN(C)C(CNc2ccnc(N)c2)C1. The van der Waals surface area contributed by atoms with Gasteiger partial charge in [0.15, 0.2) is 0 Å². The monoisotopic (exact) mass is 235 g/mol. The van der Waals surface area contributed by atoms with Crippen molar-refractivity contribution in [1.29, 1.82) is 0 Å². The van der Waals surface area contributed by atoms with Gasteiger partial charge in [0.2, 0.25) is 0 Å². The Hall–Kier alpha value is -1.33. The Kier molecular flexibility index (Phi) is 3.81. The lowest BCUT2D eigenvalue weighted by atomic mass is 10.2. The summed E-state index contributed by atoms with van der Waals surface area (Å²) in [7, 11) is 4.35. The van der Waals surface area contributed by atoms with Crippen molar-refractivity contribution < 1.29 is 0 Å². The second-order valence-corrected chi connectivity index (χ2v) is 4.75. The second-order valence-electron chi connectivity index (χ2n) is 4.75. The molecule has 0 spiro atoms. The van der Waals surface area contributed by atoms with Crippen molar-refractivity contribution >= 4 is 11.5 Å². The molecule has 1 aliphatic heterocycles. The van der Waals surface area contributed by atoms with E-state index in [-0.39, 0.29) is 0 Å². The fourth-order valence-electron chi connectivity index (χ4n) is 2.12. The zero-order chi connectivity index (χ0) is 12.3. The van der Waals surface area contributed by atoms with Crippen molar-refractivity contribution in [2.45, 2.75) is 6.04 Å². The highest BCUT2D eigenvalue weighted by Crippen LogP contribution is 2.11. The van der Waals surface area contributed by atoms with Gasteiger partial charge in [-0.1, -0.05) is 0 Å². The predicted molar refractivity (Wildman–Crippen MR) is 71.1 cm³/mol. The lowest BCUT2D eigenvalue weighted by Crippen LogP contribution is -2.52. The fraction of sp³-hybridized carbons (Fsp3) is 0.583. The number of hydrogen-bond acceptors (Lipinski definition) is 5. The zero-order valence-electron chi connectivity index (χ0n) is 10.6. The Labute approximate surface area is 103 Å². The summed E-state index contributed by atoms with van der Waals surface area (Å²) < 4.78 is 0. The van der Waals surface area contributed by atoms with Gasteiger partial charge in [-0.2, -0.15) is 0 Å². The summed E-state index contributed by atoms with van der Waals surface area (Å²) in [5, 5.41) is 3.42. The minimum absolute atomic E-state index is 0.545. The molecular weight excluding hydrogens is 214 g/mol. The zero-order valence-corrected chi connectivity index (χ0v) is 10.6. The number of anilines is 2. The maximum Gasteiger partial charge on any atom is 0.125 e. The minimum atomic E-state index is 0.545. The molecule has 2 rings (SSSR count). The van der Waals surface area contributed by atoms with E-state index < -0.39 is 0 Å². The van der Waals surface area contributed by atoms with E-state index in [0.717, 1.165) is 31.9 Å². The minimum Gasteiger partial charge on any atom is -0.384 e. The quantitative estimate of drug-likeness (QED) is 0.790. The molecule has 94 valence electrons. The number of rotatable bonds is 3. The first-order chi connectivity index (χ1) is 8.15. The van der Waals surface area contributed by atoms with E-state index in [1.807, 2.05) is 12.1 Å². The molecule has 0 aliphatic carbocycles. The standard InChI is InChI=1S/C12H21N5/c1-16-5-6-17(2)11(9-16)8-15-10-3-4-14-12(13)7-10/h3-4,7,11H,5-6,8-9H2,1-2H3,(H3,13,14,15). The highest BCUT2D eigenvalue weighted by Gasteiger charge is 2.21. The number of piperazine rings is 1. The van der Waals surface area contributed by atoms with Crippen LogP contribution in [-0.2, 0) is 0 Å². The summed E-state index contributed by atoms with van der Waals surface area (Å²) in [6.45, 7) is 4.31. The molecule has 0 radical (unpaired) electrons. The Morgan fingerprint density at radius 1 is 1.47 bits per heavy atom. The molecule has 1 aromatic rings. The van der Waals surface area contributed by atoms with Crippen LogP contribution in [0.4, 0.5) is 11.5 Å². The first-order valence-electron chi connectivity index (χ1n) is 5.99. The number of likely N-dealkylation sites (N-methyl/N-ethyl adjacent to an activating group) is 2. The molecule has 1 unspecified atom stereocenters. The van der Waals surface area contributed by atoms with Crippen LogP contribution in [0.1, 0.15) is 0 Å². The van der Waals surface area contributed by atoms with Crippen molar-refractivity contribution in [3.8, 4) is 0 Å². The molecule has 1 aliphatic rings. The maximum absolute atomic E-state index is 5.65. The molecule has 1 atom stereocenters. The van der Waals surface area contributed by atoms with Crippen LogP contribution in [0.25, 0.3) is 0 Å². The van der Waals surface area contributed by atoms with Gasteiger partial charge in [0.05, 0.1) is 0 Å². The Morgan fingerprint density at radius 2 is 2.29 bits per heavy atom. The van der Waals surface area contributed by atoms with Crippen molar-refractivity contribution in [2.24, 2.45) is 0 Å². The van der Waals surface area contributed by atoms with Gasteiger partial charge in [0.1, 0.15) is 5.82 Å². The maximum atomic E-state index is 5.65. The van der Waals surface area contributed by atoms with Gasteiger partial charge in [-0.3, -0.25) is 4.90 Å². The molecule has 17 heavy (non-hydrogen) atoms. The van der Waals surface area contributed by atoms with Crippen molar-refractivity contribution in [1.82, 2.24) is 14.8 Å². The van der Waals surface area contributed by atoms with Crippen LogP contribution in [0.15, 0.2) is 18.3 Å². The third-order valence-electron chi connectivity index (χ3n) is 3.30. The Balaban J connectivity index is 1.88. The summed E-state index contributed by atoms with van der Waals surface area (Å²) in [6.07, 6.45) is 1.73. The van der Waals surface area contributed by atoms with Crippen molar-refractivity contribution in [2.75, 3.05) is 51.3 Å². The molecule has 0 bridgehead atoms. The molecule has 1 saturated heterocycles. The number of hydrogen-bond donors (Lipinski definition) is 2. The molecule has 5 heteroatoms. The van der Waals surface area contributed by atoms with E-state index >= 15 is 0 Å². The van der Waals surface area contributed by atoms with Gasteiger partial charge in [-0.05, 0) is 20.2 Å². The van der Waals surface area contributed by atoms with Crippen LogP contribution in [0, 0.1) is 0 Å². The summed E-state index contributed by atoms with van der Waals surface area (Å²) >= 11 is 0. The fourth-order valence-corrected chi connectivity index (χ4v) is 2.12. The van der Waals surface area contributed by atoms with Crippen molar-refractivity contribution in [3.63, 3.8) is 0 Å².